The third-order valence-electron chi connectivity index (χ3n) is 6.36. The molecule has 0 radical (unpaired) electrons. The maximum atomic E-state index is 13.2. The molecule has 10 nitrogen and oxygen atoms in total. The van der Waals surface area contributed by atoms with Gasteiger partial charge in [-0.3, -0.25) is 19.9 Å². The zero-order valence-corrected chi connectivity index (χ0v) is 22.4. The summed E-state index contributed by atoms with van der Waals surface area (Å²) < 4.78 is 12.5. The van der Waals surface area contributed by atoms with Crippen molar-refractivity contribution < 1.29 is 23.9 Å². The normalized spacial score (nSPS) is 10.8. The summed E-state index contributed by atoms with van der Waals surface area (Å²) >= 11 is 0. The number of anilines is 1. The second-order valence-corrected chi connectivity index (χ2v) is 9.13. The molecule has 0 saturated carbocycles. The molecule has 0 fully saturated rings. The number of Topliss-reactive ketones (excluding diaryl/α,β-unsaturated/α-hetero) is 1. The van der Waals surface area contributed by atoms with Crippen LogP contribution in [0.1, 0.15) is 41.3 Å². The molecule has 2 aromatic heterocycles. The van der Waals surface area contributed by atoms with Crippen LogP contribution in [0.2, 0.25) is 0 Å². The van der Waals surface area contributed by atoms with Crippen molar-refractivity contribution in [3.05, 3.63) is 89.7 Å². The second kappa shape index (κ2) is 12.7. The first-order chi connectivity index (χ1) is 19.3. The van der Waals surface area contributed by atoms with Crippen molar-refractivity contribution in [3.63, 3.8) is 0 Å². The highest BCUT2D eigenvalue weighted by Gasteiger charge is 2.22. The van der Waals surface area contributed by atoms with Crippen LogP contribution >= 0.6 is 0 Å². The van der Waals surface area contributed by atoms with Crippen molar-refractivity contribution in [1.29, 1.82) is 5.41 Å². The van der Waals surface area contributed by atoms with Gasteiger partial charge in [0.05, 0.1) is 13.0 Å². The predicted octanol–water partition coefficient (Wildman–Crippen LogP) is 4.63. The van der Waals surface area contributed by atoms with Crippen LogP contribution in [0.4, 0.5) is 10.6 Å². The number of nitrogens with one attached hydrogen (secondary N) is 1. The van der Waals surface area contributed by atoms with Gasteiger partial charge in [-0.1, -0.05) is 30.3 Å². The second-order valence-electron chi connectivity index (χ2n) is 9.13. The molecule has 0 aliphatic rings. The lowest BCUT2D eigenvalue weighted by atomic mass is 10.0. The lowest BCUT2D eigenvalue weighted by Crippen LogP contribution is -2.36. The molecule has 10 heteroatoms. The maximum Gasteiger partial charge on any atom is 0.420 e. The molecule has 0 atom stereocenters. The van der Waals surface area contributed by atoms with Crippen LogP contribution in [0, 0.1) is 5.41 Å². The van der Waals surface area contributed by atoms with Crippen molar-refractivity contribution in [3.8, 4) is 5.75 Å². The van der Waals surface area contributed by atoms with Gasteiger partial charge in [0.2, 0.25) is 0 Å². The van der Waals surface area contributed by atoms with E-state index in [1.54, 1.807) is 67.8 Å². The summed E-state index contributed by atoms with van der Waals surface area (Å²) in [4.78, 5) is 43.8. The number of rotatable bonds is 11. The Hall–Kier alpha value is -4.99. The lowest BCUT2D eigenvalue weighted by molar-refractivity contribution is -0.142. The average Bonchev–Trinajstić information content (AvgIpc) is 3.28. The van der Waals surface area contributed by atoms with Gasteiger partial charge in [0, 0.05) is 54.4 Å². The Bertz CT molecular complexity index is 1530. The third kappa shape index (κ3) is 6.71. The van der Waals surface area contributed by atoms with Crippen molar-refractivity contribution >= 4 is 40.4 Å². The van der Waals surface area contributed by atoms with Crippen LogP contribution in [0.3, 0.4) is 0 Å². The van der Waals surface area contributed by atoms with Crippen LogP contribution < -0.4 is 15.4 Å². The number of nitrogen functional groups attached to an aromatic ring is 1. The number of aryl methyl sites for hydroxylation is 2. The number of hydrogen-bond acceptors (Lipinski definition) is 7. The van der Waals surface area contributed by atoms with Crippen LogP contribution in [-0.4, -0.2) is 46.4 Å². The van der Waals surface area contributed by atoms with E-state index in [-0.39, 0.29) is 43.4 Å². The number of nitrogens with two attached hydrogens (primary N) is 1. The predicted molar refractivity (Wildman–Crippen MR) is 152 cm³/mol. The number of pyridine rings is 1. The summed E-state index contributed by atoms with van der Waals surface area (Å²) in [5.74, 6) is 0.116. The molecule has 1 amide bonds. The molecule has 40 heavy (non-hydrogen) atoms. The monoisotopic (exact) mass is 541 g/mol. The smallest absolute Gasteiger partial charge is 0.420 e. The highest BCUT2D eigenvalue weighted by molar-refractivity contribution is 6.08. The van der Waals surface area contributed by atoms with Crippen LogP contribution in [0.5, 0.6) is 5.75 Å². The number of hydrogen-bond donors (Lipinski definition) is 2. The van der Waals surface area contributed by atoms with Gasteiger partial charge < -0.3 is 19.8 Å². The van der Waals surface area contributed by atoms with E-state index >= 15 is 0 Å². The molecule has 0 aliphatic heterocycles. The first kappa shape index (κ1) is 28.0. The van der Waals surface area contributed by atoms with Crippen molar-refractivity contribution in [1.82, 2.24) is 9.55 Å². The molecular weight excluding hydrogens is 510 g/mol. The Balaban J connectivity index is 1.51. The van der Waals surface area contributed by atoms with Crippen LogP contribution in [0.25, 0.3) is 10.9 Å². The van der Waals surface area contributed by atoms with Crippen molar-refractivity contribution in [2.24, 2.45) is 12.8 Å². The van der Waals surface area contributed by atoms with E-state index in [2.05, 4.69) is 4.98 Å². The molecule has 4 rings (SSSR count). The zero-order chi connectivity index (χ0) is 28.6. The van der Waals surface area contributed by atoms with Gasteiger partial charge in [-0.05, 0) is 49.2 Å². The minimum absolute atomic E-state index is 0.00274. The average molecular weight is 542 g/mol. The first-order valence-corrected chi connectivity index (χ1v) is 12.9. The summed E-state index contributed by atoms with van der Waals surface area (Å²) in [6, 6.07) is 17.5. The van der Waals surface area contributed by atoms with Gasteiger partial charge in [0.1, 0.15) is 17.4 Å². The van der Waals surface area contributed by atoms with Gasteiger partial charge >= 0.3 is 12.1 Å². The highest BCUT2D eigenvalue weighted by Crippen LogP contribution is 2.28. The minimum atomic E-state index is -0.708. The van der Waals surface area contributed by atoms with E-state index in [1.165, 1.54) is 4.90 Å². The molecule has 4 aromatic rings. The topological polar surface area (TPSA) is 141 Å². The molecule has 0 unspecified atom stereocenters. The van der Waals surface area contributed by atoms with Gasteiger partial charge in [0.15, 0.2) is 5.78 Å². The summed E-state index contributed by atoms with van der Waals surface area (Å²) in [6.45, 7) is 1.99. The number of carbonyl (C=O) groups excluding carboxylic acids is 3. The quantitative estimate of drug-likeness (QED) is 0.122. The Morgan fingerprint density at radius 3 is 2.50 bits per heavy atom. The number of aromatic nitrogens is 2. The van der Waals surface area contributed by atoms with Gasteiger partial charge in [-0.2, -0.15) is 0 Å². The molecule has 0 aliphatic carbocycles. The number of nitrogens with zero attached hydrogens (tertiary/aromatic N) is 3. The molecule has 0 bridgehead atoms. The fourth-order valence-electron chi connectivity index (χ4n) is 4.31. The lowest BCUT2D eigenvalue weighted by Gasteiger charge is -2.20. The van der Waals surface area contributed by atoms with Gasteiger partial charge in [-0.15, -0.1) is 0 Å². The van der Waals surface area contributed by atoms with E-state index in [0.717, 1.165) is 11.1 Å². The van der Waals surface area contributed by atoms with Crippen molar-refractivity contribution in [2.75, 3.05) is 18.1 Å². The first-order valence-electron chi connectivity index (χ1n) is 12.9. The molecule has 2 aromatic carbocycles. The van der Waals surface area contributed by atoms with E-state index in [9.17, 15) is 14.4 Å². The maximum absolute atomic E-state index is 13.2. The number of ketones is 1. The number of benzene rings is 2. The molecule has 3 N–H and O–H groups in total. The number of ether oxygens (including phenoxy) is 2. The van der Waals surface area contributed by atoms with E-state index in [0.29, 0.717) is 28.8 Å². The Morgan fingerprint density at radius 1 is 1.05 bits per heavy atom. The van der Waals surface area contributed by atoms with Crippen molar-refractivity contribution in [2.45, 2.75) is 26.2 Å². The number of fused-ring (bicyclic) bond motifs is 1. The molecular formula is C30H31N5O5. The van der Waals surface area contributed by atoms with Crippen LogP contribution in [0.15, 0.2) is 73.1 Å². The number of esters is 1. The number of amides is 1. The molecule has 2 heterocycles. The Labute approximate surface area is 231 Å². The molecule has 206 valence electrons. The van der Waals surface area contributed by atoms with E-state index < -0.39 is 12.1 Å². The molecule has 0 spiro atoms. The summed E-state index contributed by atoms with van der Waals surface area (Å²) in [6.07, 6.45) is 3.40. The summed E-state index contributed by atoms with van der Waals surface area (Å²) in [5.41, 5.74) is 8.46. The fraction of sp³-hybridized carbons (Fsp3) is 0.233. The summed E-state index contributed by atoms with van der Waals surface area (Å²) in [5, 5.41) is 8.18. The minimum Gasteiger partial charge on any atom is -0.466 e. The standard InChI is InChI=1S/C30H31N5O5/c1-3-39-28(37)15-17-35(27-6-4-5-16-33-27)30(38)40-22-12-13-25-23(18-22)24(19-34(25)2)26(36)14-9-20-7-10-21(11-8-20)29(31)32/h4-8,10-13,16,18-19H,3,9,14-15,17H2,1-2H3,(H3,31,32). The van der Waals surface area contributed by atoms with Gasteiger partial charge in [-0.25, -0.2) is 9.78 Å². The Morgan fingerprint density at radius 2 is 1.82 bits per heavy atom. The summed E-state index contributed by atoms with van der Waals surface area (Å²) in [7, 11) is 1.85. The molecule has 0 saturated heterocycles. The SMILES string of the molecule is CCOC(=O)CCN(C(=O)Oc1ccc2c(c1)c(C(=O)CCc1ccc(C(=N)N)cc1)cn2C)c1ccccn1. The zero-order valence-electron chi connectivity index (χ0n) is 22.4. The number of carbonyl (C=O) groups is 3. The number of amidine groups is 1. The highest BCUT2D eigenvalue weighted by atomic mass is 16.6. The van der Waals surface area contributed by atoms with E-state index in [4.69, 9.17) is 20.6 Å². The van der Waals surface area contributed by atoms with E-state index in [1.807, 2.05) is 23.7 Å². The van der Waals surface area contributed by atoms with Crippen LogP contribution in [-0.2, 0) is 23.0 Å². The largest absolute Gasteiger partial charge is 0.466 e. The Kier molecular flexibility index (Phi) is 8.90. The fourth-order valence-corrected chi connectivity index (χ4v) is 4.31. The van der Waals surface area contributed by atoms with Gasteiger partial charge in [0.25, 0.3) is 0 Å². The third-order valence-corrected chi connectivity index (χ3v) is 6.36.